The summed E-state index contributed by atoms with van der Waals surface area (Å²) < 4.78 is 12.8. The van der Waals surface area contributed by atoms with Gasteiger partial charge in [-0.3, -0.25) is 4.98 Å². The highest BCUT2D eigenvalue weighted by atomic mass is 32.1. The summed E-state index contributed by atoms with van der Waals surface area (Å²) >= 11 is 1.62. The van der Waals surface area contributed by atoms with Crippen LogP contribution in [0.25, 0.3) is 0 Å². The van der Waals surface area contributed by atoms with Gasteiger partial charge in [-0.2, -0.15) is 0 Å². The second kappa shape index (κ2) is 5.84. The summed E-state index contributed by atoms with van der Waals surface area (Å²) in [7, 11) is 0. The Morgan fingerprint density at radius 3 is 2.88 bits per heavy atom. The lowest BCUT2D eigenvalue weighted by molar-refractivity contribution is 0.531. The van der Waals surface area contributed by atoms with Gasteiger partial charge in [0.1, 0.15) is 5.82 Å². The summed E-state index contributed by atoms with van der Waals surface area (Å²) in [4.78, 5) is 8.38. The van der Waals surface area contributed by atoms with Crippen molar-refractivity contribution in [2.45, 2.75) is 19.4 Å². The zero-order chi connectivity index (χ0) is 12.1. The predicted octanol–water partition coefficient (Wildman–Crippen LogP) is 2.57. The molecule has 5 heteroatoms. The fourth-order valence-electron chi connectivity index (χ4n) is 1.65. The largest absolute Gasteiger partial charge is 0.309 e. The molecule has 1 atom stereocenters. The molecule has 0 amide bonds. The molecule has 1 unspecified atom stereocenters. The van der Waals surface area contributed by atoms with Crippen molar-refractivity contribution in [2.24, 2.45) is 0 Å². The van der Waals surface area contributed by atoms with Crippen LogP contribution in [0.4, 0.5) is 4.39 Å². The first-order valence-corrected chi connectivity index (χ1v) is 6.40. The fraction of sp³-hybridized carbons (Fsp3) is 0.333. The van der Waals surface area contributed by atoms with Crippen LogP contribution in [-0.4, -0.2) is 16.5 Å². The minimum Gasteiger partial charge on any atom is -0.309 e. The molecular weight excluding hydrogens is 237 g/mol. The molecule has 3 nitrogen and oxygen atoms in total. The number of halogens is 1. The van der Waals surface area contributed by atoms with Crippen LogP contribution in [0.3, 0.4) is 0 Å². The van der Waals surface area contributed by atoms with E-state index in [0.29, 0.717) is 0 Å². The van der Waals surface area contributed by atoms with Crippen LogP contribution in [0.5, 0.6) is 0 Å². The molecule has 90 valence electrons. The van der Waals surface area contributed by atoms with Crippen LogP contribution >= 0.6 is 11.3 Å². The molecule has 0 bridgehead atoms. The molecule has 0 aliphatic rings. The van der Waals surface area contributed by atoms with Gasteiger partial charge < -0.3 is 5.32 Å². The van der Waals surface area contributed by atoms with Gasteiger partial charge in [0, 0.05) is 18.0 Å². The molecule has 0 radical (unpaired) electrons. The van der Waals surface area contributed by atoms with Gasteiger partial charge in [0.25, 0.3) is 0 Å². The van der Waals surface area contributed by atoms with E-state index in [0.717, 1.165) is 23.7 Å². The van der Waals surface area contributed by atoms with Crippen molar-refractivity contribution in [3.8, 4) is 0 Å². The molecule has 2 aromatic heterocycles. The van der Waals surface area contributed by atoms with Gasteiger partial charge in [-0.1, -0.05) is 6.92 Å². The van der Waals surface area contributed by atoms with Gasteiger partial charge in [-0.25, -0.2) is 9.37 Å². The van der Waals surface area contributed by atoms with Gasteiger partial charge in [0.2, 0.25) is 0 Å². The van der Waals surface area contributed by atoms with E-state index in [1.807, 2.05) is 12.3 Å². The van der Waals surface area contributed by atoms with Crippen molar-refractivity contribution in [2.75, 3.05) is 6.54 Å². The average molecular weight is 251 g/mol. The number of rotatable bonds is 5. The maximum atomic E-state index is 12.8. The van der Waals surface area contributed by atoms with E-state index in [1.165, 1.54) is 12.3 Å². The Hall–Kier alpha value is -1.33. The molecule has 1 N–H and O–H groups in total. The van der Waals surface area contributed by atoms with E-state index < -0.39 is 0 Å². The average Bonchev–Trinajstić information content (AvgIpc) is 2.82. The Morgan fingerprint density at radius 1 is 1.41 bits per heavy atom. The molecule has 0 saturated carbocycles. The third kappa shape index (κ3) is 3.31. The van der Waals surface area contributed by atoms with Gasteiger partial charge in [0.15, 0.2) is 0 Å². The predicted molar refractivity (Wildman–Crippen MR) is 66.4 cm³/mol. The molecule has 0 aromatic carbocycles. The highest BCUT2D eigenvalue weighted by Crippen LogP contribution is 2.18. The standard InChI is InChI=1S/C12H14FN3S/c1-2-14-11(7-12-15-5-6-17-12)10-4-3-9(13)8-16-10/h3-6,8,11,14H,2,7H2,1H3. The summed E-state index contributed by atoms with van der Waals surface area (Å²) in [6.07, 6.45) is 3.83. The second-order valence-corrected chi connectivity index (χ2v) is 4.62. The van der Waals surface area contributed by atoms with Crippen molar-refractivity contribution in [1.29, 1.82) is 0 Å². The molecule has 17 heavy (non-hydrogen) atoms. The molecule has 2 heterocycles. The maximum Gasteiger partial charge on any atom is 0.141 e. The molecule has 0 saturated heterocycles. The summed E-state index contributed by atoms with van der Waals surface area (Å²) in [6.45, 7) is 2.88. The van der Waals surface area contributed by atoms with Crippen LogP contribution in [0.1, 0.15) is 23.7 Å². The number of likely N-dealkylation sites (N-methyl/N-ethyl adjacent to an activating group) is 1. The lowest BCUT2D eigenvalue weighted by atomic mass is 10.1. The fourth-order valence-corrected chi connectivity index (χ4v) is 2.31. The Balaban J connectivity index is 2.13. The summed E-state index contributed by atoms with van der Waals surface area (Å²) in [5, 5.41) is 6.35. The van der Waals surface area contributed by atoms with E-state index >= 15 is 0 Å². The number of pyridine rings is 1. The van der Waals surface area contributed by atoms with Crippen LogP contribution in [0.15, 0.2) is 29.9 Å². The van der Waals surface area contributed by atoms with Gasteiger partial charge in [0.05, 0.1) is 22.9 Å². The Labute approximate surface area is 104 Å². The van der Waals surface area contributed by atoms with E-state index in [-0.39, 0.29) is 11.9 Å². The second-order valence-electron chi connectivity index (χ2n) is 3.64. The van der Waals surface area contributed by atoms with Crippen molar-refractivity contribution < 1.29 is 4.39 Å². The molecule has 0 aliphatic heterocycles. The quantitative estimate of drug-likeness (QED) is 0.887. The van der Waals surface area contributed by atoms with Crippen LogP contribution < -0.4 is 5.32 Å². The zero-order valence-corrected chi connectivity index (χ0v) is 10.4. The molecule has 0 spiro atoms. The SMILES string of the molecule is CCNC(Cc1nccs1)c1ccc(F)cn1. The first-order valence-electron chi connectivity index (χ1n) is 5.52. The number of nitrogens with zero attached hydrogens (tertiary/aromatic N) is 2. The zero-order valence-electron chi connectivity index (χ0n) is 9.56. The topological polar surface area (TPSA) is 37.8 Å². The highest BCUT2D eigenvalue weighted by Gasteiger charge is 2.13. The first kappa shape index (κ1) is 12.1. The van der Waals surface area contributed by atoms with Gasteiger partial charge in [-0.05, 0) is 18.7 Å². The number of hydrogen-bond acceptors (Lipinski definition) is 4. The van der Waals surface area contributed by atoms with Crippen molar-refractivity contribution in [1.82, 2.24) is 15.3 Å². The lowest BCUT2D eigenvalue weighted by Gasteiger charge is -2.15. The third-order valence-corrected chi connectivity index (χ3v) is 3.22. The normalized spacial score (nSPS) is 12.6. The third-order valence-electron chi connectivity index (χ3n) is 2.42. The summed E-state index contributed by atoms with van der Waals surface area (Å²) in [5.74, 6) is -0.307. The van der Waals surface area contributed by atoms with Gasteiger partial charge >= 0.3 is 0 Å². The Bertz CT molecular complexity index is 441. The highest BCUT2D eigenvalue weighted by molar-refractivity contribution is 7.09. The first-order chi connectivity index (χ1) is 8.29. The van der Waals surface area contributed by atoms with Crippen molar-refractivity contribution in [3.05, 3.63) is 46.4 Å². The molecule has 2 aromatic rings. The molecular formula is C12H14FN3S. The van der Waals surface area contributed by atoms with Crippen LogP contribution in [-0.2, 0) is 6.42 Å². The minimum atomic E-state index is -0.307. The van der Waals surface area contributed by atoms with Crippen molar-refractivity contribution in [3.63, 3.8) is 0 Å². The summed E-state index contributed by atoms with van der Waals surface area (Å²) in [6, 6.07) is 3.25. The Morgan fingerprint density at radius 2 is 2.29 bits per heavy atom. The van der Waals surface area contributed by atoms with Crippen LogP contribution in [0.2, 0.25) is 0 Å². The maximum absolute atomic E-state index is 12.8. The monoisotopic (exact) mass is 251 g/mol. The van der Waals surface area contributed by atoms with Crippen LogP contribution in [0, 0.1) is 5.82 Å². The van der Waals surface area contributed by atoms with E-state index in [4.69, 9.17) is 0 Å². The van der Waals surface area contributed by atoms with Gasteiger partial charge in [-0.15, -0.1) is 11.3 Å². The number of aromatic nitrogens is 2. The van der Waals surface area contributed by atoms with E-state index in [2.05, 4.69) is 15.3 Å². The molecule has 0 aliphatic carbocycles. The van der Waals surface area contributed by atoms with Crippen molar-refractivity contribution >= 4 is 11.3 Å². The number of thiazole rings is 1. The van der Waals surface area contributed by atoms with E-state index in [9.17, 15) is 4.39 Å². The smallest absolute Gasteiger partial charge is 0.141 e. The Kier molecular flexibility index (Phi) is 4.17. The number of hydrogen-bond donors (Lipinski definition) is 1. The summed E-state index contributed by atoms with van der Waals surface area (Å²) in [5.41, 5.74) is 0.850. The minimum absolute atomic E-state index is 0.0896. The molecule has 0 fully saturated rings. The molecule has 2 rings (SSSR count). The lowest BCUT2D eigenvalue weighted by Crippen LogP contribution is -2.23. The van der Waals surface area contributed by atoms with E-state index in [1.54, 1.807) is 23.6 Å². The number of nitrogens with one attached hydrogen (secondary N) is 1.